The number of nitrogens with zero attached hydrogens (tertiary/aromatic N) is 2. The summed E-state index contributed by atoms with van der Waals surface area (Å²) in [4.78, 5) is 13.0. The summed E-state index contributed by atoms with van der Waals surface area (Å²) >= 11 is 0. The molecule has 1 amide bonds. The molecule has 2 aromatic heterocycles. The average molecular weight is 401 g/mol. The van der Waals surface area contributed by atoms with Gasteiger partial charge in [0.25, 0.3) is 5.91 Å². The number of benzene rings is 2. The van der Waals surface area contributed by atoms with Gasteiger partial charge in [-0.15, -0.1) is 0 Å². The first-order chi connectivity index (χ1) is 14.6. The molecule has 0 fully saturated rings. The maximum Gasteiger partial charge on any atom is 0.255 e. The Morgan fingerprint density at radius 3 is 2.50 bits per heavy atom. The van der Waals surface area contributed by atoms with E-state index in [1.54, 1.807) is 18.0 Å². The van der Waals surface area contributed by atoms with Gasteiger partial charge in [0.2, 0.25) is 0 Å². The smallest absolute Gasteiger partial charge is 0.255 e. The summed E-state index contributed by atoms with van der Waals surface area (Å²) < 4.78 is 12.6. The monoisotopic (exact) mass is 401 g/mol. The molecule has 4 aromatic rings. The molecule has 6 heteroatoms. The van der Waals surface area contributed by atoms with Gasteiger partial charge in [-0.1, -0.05) is 30.3 Å². The van der Waals surface area contributed by atoms with Crippen LogP contribution in [0.2, 0.25) is 0 Å². The van der Waals surface area contributed by atoms with Crippen LogP contribution in [-0.2, 0) is 6.42 Å². The van der Waals surface area contributed by atoms with Crippen molar-refractivity contribution in [1.82, 2.24) is 15.1 Å². The Bertz CT molecular complexity index is 1130. The molecule has 30 heavy (non-hydrogen) atoms. The summed E-state index contributed by atoms with van der Waals surface area (Å²) in [5, 5.41) is 7.61. The zero-order valence-electron chi connectivity index (χ0n) is 17.0. The van der Waals surface area contributed by atoms with Crippen LogP contribution in [0.25, 0.3) is 17.1 Å². The van der Waals surface area contributed by atoms with Crippen LogP contribution in [0, 0.1) is 6.92 Å². The van der Waals surface area contributed by atoms with Crippen molar-refractivity contribution in [3.8, 4) is 22.9 Å². The van der Waals surface area contributed by atoms with Crippen LogP contribution in [-0.4, -0.2) is 29.3 Å². The van der Waals surface area contributed by atoms with Crippen molar-refractivity contribution in [2.24, 2.45) is 0 Å². The molecular weight excluding hydrogens is 378 g/mol. The zero-order chi connectivity index (χ0) is 20.9. The average Bonchev–Trinajstić information content (AvgIpc) is 3.41. The molecule has 2 aromatic carbocycles. The number of nitrogens with one attached hydrogen (secondary N) is 1. The molecule has 0 atom stereocenters. The first-order valence-corrected chi connectivity index (χ1v) is 9.77. The van der Waals surface area contributed by atoms with E-state index in [1.807, 2.05) is 73.7 Å². The number of hydrogen-bond donors (Lipinski definition) is 1. The van der Waals surface area contributed by atoms with Gasteiger partial charge in [0, 0.05) is 12.7 Å². The number of aromatic nitrogens is 2. The molecule has 6 nitrogen and oxygen atoms in total. The number of ether oxygens (including phenoxy) is 1. The van der Waals surface area contributed by atoms with Crippen LogP contribution in [0.1, 0.15) is 21.7 Å². The SMILES string of the molecule is COc1ccc(CCNC(=O)c2cn(-c3ccccc3)nc2-c2ccc(C)o2)cc1. The van der Waals surface area contributed by atoms with Crippen LogP contribution in [0.3, 0.4) is 0 Å². The van der Waals surface area contributed by atoms with Gasteiger partial charge in [-0.2, -0.15) is 5.10 Å². The summed E-state index contributed by atoms with van der Waals surface area (Å²) in [6.45, 7) is 2.38. The van der Waals surface area contributed by atoms with E-state index in [4.69, 9.17) is 9.15 Å². The van der Waals surface area contributed by atoms with Gasteiger partial charge in [0.15, 0.2) is 5.76 Å². The minimum atomic E-state index is -0.185. The molecule has 0 bridgehead atoms. The van der Waals surface area contributed by atoms with Crippen molar-refractivity contribution in [2.45, 2.75) is 13.3 Å². The summed E-state index contributed by atoms with van der Waals surface area (Å²) in [7, 11) is 1.64. The molecule has 0 aliphatic rings. The number of methoxy groups -OCH3 is 1. The fourth-order valence-corrected chi connectivity index (χ4v) is 3.20. The largest absolute Gasteiger partial charge is 0.497 e. The molecular formula is C24H23N3O3. The molecule has 4 rings (SSSR count). The van der Waals surface area contributed by atoms with E-state index in [2.05, 4.69) is 10.4 Å². The Labute approximate surface area is 175 Å². The number of carbonyl (C=O) groups is 1. The van der Waals surface area contributed by atoms with Gasteiger partial charge in [-0.05, 0) is 55.3 Å². The highest BCUT2D eigenvalue weighted by atomic mass is 16.5. The predicted octanol–water partition coefficient (Wildman–Crippen LogP) is 4.42. The standard InChI is InChI=1S/C24H23N3O3/c1-17-8-13-22(30-17)23-21(16-27(26-23)19-6-4-3-5-7-19)24(28)25-15-14-18-9-11-20(29-2)12-10-18/h3-13,16H,14-15H2,1-2H3,(H,25,28). The van der Waals surface area contributed by atoms with Gasteiger partial charge >= 0.3 is 0 Å². The van der Waals surface area contributed by atoms with E-state index >= 15 is 0 Å². The minimum Gasteiger partial charge on any atom is -0.497 e. The van der Waals surface area contributed by atoms with Crippen LogP contribution < -0.4 is 10.1 Å². The lowest BCUT2D eigenvalue weighted by atomic mass is 10.1. The predicted molar refractivity (Wildman–Crippen MR) is 115 cm³/mol. The molecule has 0 saturated carbocycles. The van der Waals surface area contributed by atoms with Crippen LogP contribution in [0.4, 0.5) is 0 Å². The number of aryl methyl sites for hydroxylation is 1. The van der Waals surface area contributed by atoms with E-state index in [0.717, 1.165) is 29.2 Å². The van der Waals surface area contributed by atoms with E-state index in [0.29, 0.717) is 23.6 Å². The van der Waals surface area contributed by atoms with E-state index in [-0.39, 0.29) is 5.91 Å². The maximum atomic E-state index is 13.0. The second-order valence-electron chi connectivity index (χ2n) is 6.94. The molecule has 0 aliphatic carbocycles. The van der Waals surface area contributed by atoms with Crippen molar-refractivity contribution in [1.29, 1.82) is 0 Å². The highest BCUT2D eigenvalue weighted by molar-refractivity contribution is 5.99. The van der Waals surface area contributed by atoms with Gasteiger partial charge in [-0.3, -0.25) is 4.79 Å². The van der Waals surface area contributed by atoms with Crippen molar-refractivity contribution in [3.05, 3.63) is 89.8 Å². The third-order valence-corrected chi connectivity index (χ3v) is 4.81. The number of furan rings is 1. The molecule has 0 unspecified atom stereocenters. The molecule has 1 N–H and O–H groups in total. The highest BCUT2D eigenvalue weighted by Crippen LogP contribution is 2.25. The Kier molecular flexibility index (Phi) is 5.66. The summed E-state index contributed by atoms with van der Waals surface area (Å²) in [5.74, 6) is 1.97. The second kappa shape index (κ2) is 8.69. The lowest BCUT2D eigenvalue weighted by Crippen LogP contribution is -2.25. The van der Waals surface area contributed by atoms with Crippen LogP contribution >= 0.6 is 0 Å². The summed E-state index contributed by atoms with van der Waals surface area (Å²) in [6, 6.07) is 21.2. The molecule has 2 heterocycles. The molecule has 0 spiro atoms. The second-order valence-corrected chi connectivity index (χ2v) is 6.94. The molecule has 0 radical (unpaired) electrons. The normalized spacial score (nSPS) is 10.7. The Morgan fingerprint density at radius 2 is 1.83 bits per heavy atom. The Balaban J connectivity index is 1.53. The third-order valence-electron chi connectivity index (χ3n) is 4.81. The Morgan fingerprint density at radius 1 is 1.07 bits per heavy atom. The van der Waals surface area contributed by atoms with E-state index in [9.17, 15) is 4.79 Å². The Hall–Kier alpha value is -3.80. The van der Waals surface area contributed by atoms with Crippen molar-refractivity contribution < 1.29 is 13.9 Å². The number of amides is 1. The first-order valence-electron chi connectivity index (χ1n) is 9.77. The molecule has 0 aliphatic heterocycles. The van der Waals surface area contributed by atoms with Gasteiger partial charge in [0.05, 0.1) is 18.4 Å². The van der Waals surface area contributed by atoms with Crippen molar-refractivity contribution in [2.75, 3.05) is 13.7 Å². The van der Waals surface area contributed by atoms with Gasteiger partial charge in [-0.25, -0.2) is 4.68 Å². The number of rotatable bonds is 7. The third kappa shape index (κ3) is 4.27. The van der Waals surface area contributed by atoms with E-state index < -0.39 is 0 Å². The van der Waals surface area contributed by atoms with E-state index in [1.165, 1.54) is 0 Å². The fourth-order valence-electron chi connectivity index (χ4n) is 3.20. The van der Waals surface area contributed by atoms with Crippen molar-refractivity contribution >= 4 is 5.91 Å². The molecule has 0 saturated heterocycles. The lowest BCUT2D eigenvalue weighted by Gasteiger charge is -2.06. The summed E-state index contributed by atoms with van der Waals surface area (Å²) in [6.07, 6.45) is 2.46. The fraction of sp³-hybridized carbons (Fsp3) is 0.167. The molecule has 152 valence electrons. The topological polar surface area (TPSA) is 69.3 Å². The summed E-state index contributed by atoms with van der Waals surface area (Å²) in [5.41, 5.74) is 2.99. The quantitative estimate of drug-likeness (QED) is 0.498. The lowest BCUT2D eigenvalue weighted by molar-refractivity contribution is 0.0954. The highest BCUT2D eigenvalue weighted by Gasteiger charge is 2.20. The van der Waals surface area contributed by atoms with Gasteiger partial charge < -0.3 is 14.5 Å². The van der Waals surface area contributed by atoms with Crippen LogP contribution in [0.5, 0.6) is 5.75 Å². The number of hydrogen-bond acceptors (Lipinski definition) is 4. The number of carbonyl (C=O) groups excluding carboxylic acids is 1. The first kappa shape index (κ1) is 19.5. The zero-order valence-corrected chi connectivity index (χ0v) is 17.0. The minimum absolute atomic E-state index is 0.185. The van der Waals surface area contributed by atoms with Gasteiger partial charge in [0.1, 0.15) is 17.2 Å². The van der Waals surface area contributed by atoms with Crippen LogP contribution in [0.15, 0.2) is 77.3 Å². The maximum absolute atomic E-state index is 13.0. The van der Waals surface area contributed by atoms with Crippen molar-refractivity contribution in [3.63, 3.8) is 0 Å². The number of para-hydroxylation sites is 1.